The molecule has 1 aliphatic heterocycles. The zero-order chi connectivity index (χ0) is 24.8. The summed E-state index contributed by atoms with van der Waals surface area (Å²) in [6.45, 7) is 6.32. The number of imide groups is 1. The van der Waals surface area contributed by atoms with Crippen LogP contribution in [-0.4, -0.2) is 36.4 Å². The van der Waals surface area contributed by atoms with Crippen molar-refractivity contribution in [2.24, 2.45) is 11.8 Å². The minimum absolute atomic E-state index is 0.146. The Labute approximate surface area is 208 Å². The molecule has 1 fully saturated rings. The van der Waals surface area contributed by atoms with E-state index in [0.29, 0.717) is 41.9 Å². The van der Waals surface area contributed by atoms with E-state index in [4.69, 9.17) is 4.74 Å². The molecule has 35 heavy (non-hydrogen) atoms. The second-order valence-electron chi connectivity index (χ2n) is 10.2. The van der Waals surface area contributed by atoms with Crippen molar-refractivity contribution in [2.75, 3.05) is 19.7 Å². The number of hydrogen-bond acceptors (Lipinski definition) is 4. The minimum atomic E-state index is -0.293. The normalized spacial score (nSPS) is 16.2. The van der Waals surface area contributed by atoms with Gasteiger partial charge in [-0.3, -0.25) is 14.5 Å². The predicted molar refractivity (Wildman–Crippen MR) is 135 cm³/mol. The SMILES string of the molecule is CC(C)C(NCCCCCCCN1C(=O)c2ccccc2C1=O)c1ccc(F)c(OCC2CC2)c1. The Morgan fingerprint density at radius 1 is 0.971 bits per heavy atom. The summed E-state index contributed by atoms with van der Waals surface area (Å²) in [5.41, 5.74) is 2.10. The Kier molecular flexibility index (Phi) is 8.55. The van der Waals surface area contributed by atoms with Crippen LogP contribution in [0.1, 0.15) is 91.1 Å². The maximum absolute atomic E-state index is 14.2. The molecule has 188 valence electrons. The maximum Gasteiger partial charge on any atom is 0.261 e. The first-order valence-corrected chi connectivity index (χ1v) is 13.1. The first-order chi connectivity index (χ1) is 17.0. The van der Waals surface area contributed by atoms with E-state index in [1.165, 1.54) is 23.8 Å². The van der Waals surface area contributed by atoms with Crippen molar-refractivity contribution in [3.05, 3.63) is 65.0 Å². The fraction of sp³-hybridized carbons (Fsp3) is 0.517. The number of amides is 2. The highest BCUT2D eigenvalue weighted by Crippen LogP contribution is 2.32. The number of ether oxygens (including phenoxy) is 1. The number of halogens is 1. The summed E-state index contributed by atoms with van der Waals surface area (Å²) in [6, 6.07) is 12.4. The van der Waals surface area contributed by atoms with Crippen LogP contribution in [0.25, 0.3) is 0 Å². The van der Waals surface area contributed by atoms with Crippen LogP contribution in [0.3, 0.4) is 0 Å². The Morgan fingerprint density at radius 2 is 1.63 bits per heavy atom. The van der Waals surface area contributed by atoms with Crippen LogP contribution in [-0.2, 0) is 0 Å². The lowest BCUT2D eigenvalue weighted by atomic mass is 9.95. The second-order valence-corrected chi connectivity index (χ2v) is 10.2. The molecule has 5 nitrogen and oxygen atoms in total. The van der Waals surface area contributed by atoms with Gasteiger partial charge in [0.2, 0.25) is 0 Å². The highest BCUT2D eigenvalue weighted by molar-refractivity contribution is 6.21. The van der Waals surface area contributed by atoms with Crippen LogP contribution in [0.15, 0.2) is 42.5 Å². The number of carbonyl (C=O) groups is 2. The summed E-state index contributed by atoms with van der Waals surface area (Å²) >= 11 is 0. The lowest BCUT2D eigenvalue weighted by molar-refractivity contribution is 0.0651. The molecule has 0 bridgehead atoms. The predicted octanol–water partition coefficient (Wildman–Crippen LogP) is 6.15. The van der Waals surface area contributed by atoms with Gasteiger partial charge >= 0.3 is 0 Å². The van der Waals surface area contributed by atoms with Crippen molar-refractivity contribution >= 4 is 11.8 Å². The van der Waals surface area contributed by atoms with Crippen LogP contribution in [0.5, 0.6) is 5.75 Å². The fourth-order valence-corrected chi connectivity index (χ4v) is 4.68. The molecule has 4 rings (SSSR count). The van der Waals surface area contributed by atoms with Gasteiger partial charge < -0.3 is 10.1 Å². The molecule has 0 radical (unpaired) electrons. The first kappa shape index (κ1) is 25.4. The quantitative estimate of drug-likeness (QED) is 0.260. The lowest BCUT2D eigenvalue weighted by Gasteiger charge is -2.24. The number of carbonyl (C=O) groups excluding carboxylic acids is 2. The number of fused-ring (bicyclic) bond motifs is 1. The monoisotopic (exact) mass is 480 g/mol. The number of rotatable bonds is 14. The maximum atomic E-state index is 14.2. The summed E-state index contributed by atoms with van der Waals surface area (Å²) in [7, 11) is 0. The molecular weight excluding hydrogens is 443 g/mol. The molecule has 0 spiro atoms. The molecule has 2 aromatic carbocycles. The van der Waals surface area contributed by atoms with E-state index in [-0.39, 0.29) is 23.7 Å². The number of nitrogens with zero attached hydrogens (tertiary/aromatic N) is 1. The summed E-state index contributed by atoms with van der Waals surface area (Å²) < 4.78 is 19.9. The van der Waals surface area contributed by atoms with Crippen LogP contribution >= 0.6 is 0 Å². The van der Waals surface area contributed by atoms with E-state index in [0.717, 1.165) is 44.2 Å². The molecule has 2 amide bonds. The van der Waals surface area contributed by atoms with Gasteiger partial charge in [0.25, 0.3) is 11.8 Å². The van der Waals surface area contributed by atoms with E-state index >= 15 is 0 Å². The molecule has 2 aromatic rings. The van der Waals surface area contributed by atoms with Crippen LogP contribution < -0.4 is 10.1 Å². The van der Waals surface area contributed by atoms with E-state index in [1.807, 2.05) is 12.1 Å². The molecule has 1 atom stereocenters. The van der Waals surface area contributed by atoms with Crippen LogP contribution in [0.2, 0.25) is 0 Å². The first-order valence-electron chi connectivity index (χ1n) is 13.1. The van der Waals surface area contributed by atoms with Crippen molar-refractivity contribution in [1.29, 1.82) is 0 Å². The minimum Gasteiger partial charge on any atom is -0.490 e. The molecule has 0 saturated heterocycles. The average molecular weight is 481 g/mol. The lowest BCUT2D eigenvalue weighted by Crippen LogP contribution is -2.30. The third-order valence-electron chi connectivity index (χ3n) is 6.95. The molecule has 2 aliphatic rings. The molecule has 1 unspecified atom stereocenters. The molecule has 1 aliphatic carbocycles. The molecule has 1 heterocycles. The zero-order valence-corrected chi connectivity index (χ0v) is 20.9. The summed E-state index contributed by atoms with van der Waals surface area (Å²) in [5.74, 6) is 0.687. The molecule has 0 aromatic heterocycles. The Morgan fingerprint density at radius 3 is 2.29 bits per heavy atom. The summed E-state index contributed by atoms with van der Waals surface area (Å²) in [5, 5.41) is 3.64. The molecule has 6 heteroatoms. The largest absolute Gasteiger partial charge is 0.490 e. The third-order valence-corrected chi connectivity index (χ3v) is 6.95. The highest BCUT2D eigenvalue weighted by atomic mass is 19.1. The number of nitrogens with one attached hydrogen (secondary N) is 1. The smallest absolute Gasteiger partial charge is 0.261 e. The van der Waals surface area contributed by atoms with Gasteiger partial charge in [0, 0.05) is 12.6 Å². The fourth-order valence-electron chi connectivity index (χ4n) is 4.68. The Bertz CT molecular complexity index is 999. The number of unbranched alkanes of at least 4 members (excludes halogenated alkanes) is 4. The van der Waals surface area contributed by atoms with E-state index in [2.05, 4.69) is 19.2 Å². The van der Waals surface area contributed by atoms with Crippen molar-refractivity contribution in [2.45, 2.75) is 64.8 Å². The topological polar surface area (TPSA) is 58.6 Å². The van der Waals surface area contributed by atoms with Gasteiger partial charge in [-0.05, 0) is 73.9 Å². The van der Waals surface area contributed by atoms with Gasteiger partial charge in [-0.2, -0.15) is 0 Å². The number of hydrogen-bond donors (Lipinski definition) is 1. The molecule has 1 N–H and O–H groups in total. The Hall–Kier alpha value is -2.73. The second kappa shape index (κ2) is 11.8. The van der Waals surface area contributed by atoms with Gasteiger partial charge in [0.05, 0.1) is 17.7 Å². The van der Waals surface area contributed by atoms with Gasteiger partial charge in [-0.15, -0.1) is 0 Å². The van der Waals surface area contributed by atoms with Gasteiger partial charge in [-0.25, -0.2) is 4.39 Å². The van der Waals surface area contributed by atoms with Gasteiger partial charge in [0.15, 0.2) is 11.6 Å². The van der Waals surface area contributed by atoms with Gasteiger partial charge in [-0.1, -0.05) is 51.3 Å². The average Bonchev–Trinajstić information content (AvgIpc) is 3.65. The zero-order valence-electron chi connectivity index (χ0n) is 20.9. The van der Waals surface area contributed by atoms with Crippen molar-refractivity contribution in [3.8, 4) is 5.75 Å². The third kappa shape index (κ3) is 6.49. The van der Waals surface area contributed by atoms with E-state index in [1.54, 1.807) is 24.3 Å². The van der Waals surface area contributed by atoms with Crippen molar-refractivity contribution < 1.29 is 18.7 Å². The van der Waals surface area contributed by atoms with E-state index in [9.17, 15) is 14.0 Å². The summed E-state index contributed by atoms with van der Waals surface area (Å²) in [4.78, 5) is 26.2. The highest BCUT2D eigenvalue weighted by Gasteiger charge is 2.34. The van der Waals surface area contributed by atoms with E-state index < -0.39 is 0 Å². The standard InChI is InChI=1S/C29H37FN2O3/c1-20(2)27(22-14-15-25(30)26(18-22)35-19-21-12-13-21)31-16-8-4-3-5-9-17-32-28(33)23-10-6-7-11-24(23)29(32)34/h6-7,10-11,14-15,18,20-21,27,31H,3-5,8-9,12-13,16-17,19H2,1-2H3. The van der Waals surface area contributed by atoms with Crippen LogP contribution in [0, 0.1) is 17.7 Å². The van der Waals surface area contributed by atoms with Crippen molar-refractivity contribution in [1.82, 2.24) is 10.2 Å². The summed E-state index contributed by atoms with van der Waals surface area (Å²) in [6.07, 6.45) is 7.36. The molecular formula is C29H37FN2O3. The Balaban J connectivity index is 1.15. The molecule has 1 saturated carbocycles. The van der Waals surface area contributed by atoms with Gasteiger partial charge in [0.1, 0.15) is 0 Å². The van der Waals surface area contributed by atoms with Crippen molar-refractivity contribution in [3.63, 3.8) is 0 Å². The van der Waals surface area contributed by atoms with Crippen LogP contribution in [0.4, 0.5) is 4.39 Å². The number of benzene rings is 2.